The van der Waals surface area contributed by atoms with Gasteiger partial charge in [0.1, 0.15) is 18.1 Å². The number of hydrogen-bond donors (Lipinski definition) is 1. The molecule has 2 aromatic carbocycles. The Balaban J connectivity index is 1.17. The van der Waals surface area contributed by atoms with Crippen LogP contribution in [0.15, 0.2) is 48.5 Å². The summed E-state index contributed by atoms with van der Waals surface area (Å²) in [5, 5.41) is 3.13. The van der Waals surface area contributed by atoms with Crippen LogP contribution in [0.4, 0.5) is 5.69 Å². The van der Waals surface area contributed by atoms with E-state index in [0.29, 0.717) is 6.61 Å². The minimum absolute atomic E-state index is 0.0745. The maximum atomic E-state index is 12.3. The molecule has 2 heterocycles. The van der Waals surface area contributed by atoms with Crippen molar-refractivity contribution in [2.75, 3.05) is 64.9 Å². The zero-order valence-corrected chi connectivity index (χ0v) is 21.2. The van der Waals surface area contributed by atoms with Crippen LogP contribution in [0.25, 0.3) is 0 Å². The first-order valence-electron chi connectivity index (χ1n) is 12.9. The predicted octanol–water partition coefficient (Wildman–Crippen LogP) is 3.39. The number of likely N-dealkylation sites (tertiary alicyclic amines) is 1. The van der Waals surface area contributed by atoms with Crippen LogP contribution in [-0.4, -0.2) is 81.7 Å². The number of anilines is 1. The summed E-state index contributed by atoms with van der Waals surface area (Å²) in [7, 11) is 3.73. The molecule has 0 spiro atoms. The van der Waals surface area contributed by atoms with E-state index in [9.17, 15) is 4.79 Å². The number of rotatable bonds is 11. The van der Waals surface area contributed by atoms with E-state index >= 15 is 0 Å². The quantitative estimate of drug-likeness (QED) is 0.498. The Kier molecular flexibility index (Phi) is 9.26. The van der Waals surface area contributed by atoms with Crippen molar-refractivity contribution in [1.29, 1.82) is 0 Å². The maximum absolute atomic E-state index is 12.3. The highest BCUT2D eigenvalue weighted by Gasteiger charge is 2.27. The van der Waals surface area contributed by atoms with Crippen LogP contribution in [0.1, 0.15) is 31.2 Å². The van der Waals surface area contributed by atoms with Gasteiger partial charge < -0.3 is 19.7 Å². The van der Waals surface area contributed by atoms with Gasteiger partial charge >= 0.3 is 0 Å². The van der Waals surface area contributed by atoms with Gasteiger partial charge in [-0.2, -0.15) is 0 Å². The van der Waals surface area contributed by atoms with Crippen molar-refractivity contribution >= 4 is 11.6 Å². The summed E-state index contributed by atoms with van der Waals surface area (Å²) in [6.45, 7) is 7.48. The van der Waals surface area contributed by atoms with E-state index in [4.69, 9.17) is 9.47 Å². The van der Waals surface area contributed by atoms with Crippen molar-refractivity contribution in [2.24, 2.45) is 0 Å². The normalized spacial score (nSPS) is 19.0. The SMILES string of the molecule is COc1cccc(COc2ccccc2N2CCN(CCCCNC(=O)C3CCCN3C)CC2)c1. The van der Waals surface area contributed by atoms with E-state index < -0.39 is 0 Å². The van der Waals surface area contributed by atoms with Crippen LogP contribution >= 0.6 is 0 Å². The molecule has 7 heteroatoms. The van der Waals surface area contributed by atoms with Gasteiger partial charge in [-0.3, -0.25) is 14.6 Å². The number of carbonyl (C=O) groups is 1. The molecule has 2 saturated heterocycles. The first kappa shape index (κ1) is 25.3. The second-order valence-electron chi connectivity index (χ2n) is 9.57. The van der Waals surface area contributed by atoms with Crippen molar-refractivity contribution in [3.05, 3.63) is 54.1 Å². The summed E-state index contributed by atoms with van der Waals surface area (Å²) in [6, 6.07) is 16.4. The molecule has 0 aromatic heterocycles. The van der Waals surface area contributed by atoms with Gasteiger partial charge in [0.15, 0.2) is 0 Å². The van der Waals surface area contributed by atoms with Crippen LogP contribution in [0.3, 0.4) is 0 Å². The third kappa shape index (κ3) is 7.12. The van der Waals surface area contributed by atoms with Crippen LogP contribution in [-0.2, 0) is 11.4 Å². The molecule has 0 bridgehead atoms. The van der Waals surface area contributed by atoms with E-state index in [2.05, 4.69) is 44.3 Å². The second kappa shape index (κ2) is 12.8. The Morgan fingerprint density at radius 1 is 1.03 bits per heavy atom. The van der Waals surface area contributed by atoms with E-state index in [1.807, 2.05) is 31.3 Å². The lowest BCUT2D eigenvalue weighted by Gasteiger charge is -2.36. The Hall–Kier alpha value is -2.77. The molecule has 0 radical (unpaired) electrons. The first-order chi connectivity index (χ1) is 17.1. The topological polar surface area (TPSA) is 57.3 Å². The number of benzene rings is 2. The molecule has 1 atom stereocenters. The smallest absolute Gasteiger partial charge is 0.237 e. The van der Waals surface area contributed by atoms with Gasteiger partial charge in [0.05, 0.1) is 18.8 Å². The molecule has 1 amide bonds. The fourth-order valence-electron chi connectivity index (χ4n) is 5.01. The monoisotopic (exact) mass is 480 g/mol. The third-order valence-electron chi connectivity index (χ3n) is 7.13. The van der Waals surface area contributed by atoms with Gasteiger partial charge in [-0.1, -0.05) is 24.3 Å². The van der Waals surface area contributed by atoms with Crippen LogP contribution in [0.2, 0.25) is 0 Å². The number of methoxy groups -OCH3 is 1. The van der Waals surface area contributed by atoms with Gasteiger partial charge in [0, 0.05) is 32.7 Å². The molecule has 1 N–H and O–H groups in total. The molecule has 2 aromatic rings. The number of unbranched alkanes of at least 4 members (excludes halogenated alkanes) is 1. The molecular weight excluding hydrogens is 440 g/mol. The molecule has 2 aliphatic rings. The molecule has 0 aliphatic carbocycles. The molecule has 4 rings (SSSR count). The number of ether oxygens (including phenoxy) is 2. The zero-order valence-electron chi connectivity index (χ0n) is 21.2. The fourth-order valence-corrected chi connectivity index (χ4v) is 5.01. The van der Waals surface area contributed by atoms with Crippen LogP contribution in [0.5, 0.6) is 11.5 Å². The van der Waals surface area contributed by atoms with Gasteiger partial charge in [-0.25, -0.2) is 0 Å². The van der Waals surface area contributed by atoms with E-state index in [1.54, 1.807) is 7.11 Å². The van der Waals surface area contributed by atoms with Crippen molar-refractivity contribution in [3.8, 4) is 11.5 Å². The highest BCUT2D eigenvalue weighted by Crippen LogP contribution is 2.30. The minimum Gasteiger partial charge on any atom is -0.497 e. The molecule has 1 unspecified atom stereocenters. The number of para-hydroxylation sites is 2. The van der Waals surface area contributed by atoms with Gasteiger partial charge in [0.2, 0.25) is 5.91 Å². The average Bonchev–Trinajstić information content (AvgIpc) is 3.34. The highest BCUT2D eigenvalue weighted by atomic mass is 16.5. The molecule has 2 aliphatic heterocycles. The van der Waals surface area contributed by atoms with Crippen LogP contribution < -0.4 is 19.7 Å². The number of carbonyl (C=O) groups excluding carboxylic acids is 1. The Morgan fingerprint density at radius 3 is 2.63 bits per heavy atom. The van der Waals surface area contributed by atoms with E-state index in [1.165, 1.54) is 0 Å². The molecule has 35 heavy (non-hydrogen) atoms. The molecule has 0 saturated carbocycles. The fraction of sp³-hybridized carbons (Fsp3) is 0.536. The van der Waals surface area contributed by atoms with Crippen molar-refractivity contribution in [1.82, 2.24) is 15.1 Å². The van der Waals surface area contributed by atoms with Gasteiger partial charge in [0.25, 0.3) is 0 Å². The lowest BCUT2D eigenvalue weighted by molar-refractivity contribution is -0.125. The van der Waals surface area contributed by atoms with Gasteiger partial charge in [-0.15, -0.1) is 0 Å². The van der Waals surface area contributed by atoms with Crippen molar-refractivity contribution in [2.45, 2.75) is 38.3 Å². The van der Waals surface area contributed by atoms with E-state index in [-0.39, 0.29) is 11.9 Å². The number of piperazine rings is 1. The Morgan fingerprint density at radius 2 is 1.86 bits per heavy atom. The first-order valence-corrected chi connectivity index (χ1v) is 12.9. The number of nitrogens with zero attached hydrogens (tertiary/aromatic N) is 3. The average molecular weight is 481 g/mol. The molecule has 7 nitrogen and oxygen atoms in total. The molecule has 2 fully saturated rings. The van der Waals surface area contributed by atoms with Crippen molar-refractivity contribution in [3.63, 3.8) is 0 Å². The second-order valence-corrected chi connectivity index (χ2v) is 9.57. The van der Waals surface area contributed by atoms with Gasteiger partial charge in [-0.05, 0) is 75.6 Å². The summed E-state index contributed by atoms with van der Waals surface area (Å²) >= 11 is 0. The standard InChI is InChI=1S/C28H40N4O3/c1-30-15-8-12-26(30)28(33)29-14-5-6-16-31-17-19-32(20-18-31)25-11-3-4-13-27(25)35-22-23-9-7-10-24(21-23)34-2/h3-4,7,9-11,13,21,26H,5-6,8,12,14-20,22H2,1-2H3,(H,29,33). The Bertz CT molecular complexity index is 945. The summed E-state index contributed by atoms with van der Waals surface area (Å²) in [6.07, 6.45) is 4.26. The summed E-state index contributed by atoms with van der Waals surface area (Å²) in [5.74, 6) is 1.97. The predicted molar refractivity (Wildman–Crippen MR) is 140 cm³/mol. The highest BCUT2D eigenvalue weighted by molar-refractivity contribution is 5.81. The summed E-state index contributed by atoms with van der Waals surface area (Å²) in [4.78, 5) is 19.4. The number of amides is 1. The van der Waals surface area contributed by atoms with Crippen LogP contribution in [0, 0.1) is 0 Å². The Labute approximate surface area is 210 Å². The zero-order chi connectivity index (χ0) is 24.5. The number of hydrogen-bond acceptors (Lipinski definition) is 6. The number of nitrogens with one attached hydrogen (secondary N) is 1. The lowest BCUT2D eigenvalue weighted by atomic mass is 10.2. The number of likely N-dealkylation sites (N-methyl/N-ethyl adjacent to an activating group) is 1. The van der Waals surface area contributed by atoms with E-state index in [0.717, 1.165) is 94.2 Å². The maximum Gasteiger partial charge on any atom is 0.237 e. The van der Waals surface area contributed by atoms with Crippen molar-refractivity contribution < 1.29 is 14.3 Å². The summed E-state index contributed by atoms with van der Waals surface area (Å²) < 4.78 is 11.5. The lowest BCUT2D eigenvalue weighted by Crippen LogP contribution is -2.46. The minimum atomic E-state index is 0.0745. The molecule has 190 valence electrons. The molecular formula is C28H40N4O3. The largest absolute Gasteiger partial charge is 0.497 e. The summed E-state index contributed by atoms with van der Waals surface area (Å²) in [5.41, 5.74) is 2.25. The third-order valence-corrected chi connectivity index (χ3v) is 7.13.